The quantitative estimate of drug-likeness (QED) is 0.756. The first kappa shape index (κ1) is 9.71. The Labute approximate surface area is 88.8 Å². The van der Waals surface area contributed by atoms with Gasteiger partial charge in [-0.3, -0.25) is 0 Å². The van der Waals surface area contributed by atoms with Crippen molar-refractivity contribution >= 4 is 11.0 Å². The molecule has 0 fully saturated rings. The van der Waals surface area contributed by atoms with Crippen LogP contribution in [0.15, 0.2) is 36.5 Å². The first-order valence-corrected chi connectivity index (χ1v) is 4.82. The Morgan fingerprint density at radius 2 is 2.13 bits per heavy atom. The lowest BCUT2D eigenvalue weighted by atomic mass is 10.3. The Kier molecular flexibility index (Phi) is 2.41. The van der Waals surface area contributed by atoms with Crippen LogP contribution in [-0.2, 0) is 6.54 Å². The van der Waals surface area contributed by atoms with Gasteiger partial charge in [0.15, 0.2) is 0 Å². The highest BCUT2D eigenvalue weighted by Crippen LogP contribution is 2.11. The van der Waals surface area contributed by atoms with Crippen molar-refractivity contribution in [2.24, 2.45) is 0 Å². The number of rotatable bonds is 3. The Balaban J connectivity index is 2.33. The number of aromatic nitrogens is 3. The molecule has 78 valence electrons. The highest BCUT2D eigenvalue weighted by Gasteiger charge is 2.05. The Morgan fingerprint density at radius 3 is 2.87 bits per heavy atom. The van der Waals surface area contributed by atoms with Gasteiger partial charge in [-0.25, -0.2) is 4.68 Å². The average molecular weight is 202 g/mol. The van der Waals surface area contributed by atoms with E-state index in [1.165, 1.54) is 0 Å². The number of para-hydroxylation sites is 1. The Morgan fingerprint density at radius 1 is 1.40 bits per heavy atom. The van der Waals surface area contributed by atoms with Crippen molar-refractivity contribution in [2.75, 3.05) is 14.1 Å². The van der Waals surface area contributed by atoms with E-state index in [9.17, 15) is 0 Å². The lowest BCUT2D eigenvalue weighted by Crippen LogP contribution is -2.16. The zero-order valence-electron chi connectivity index (χ0n) is 9.01. The fourth-order valence-corrected chi connectivity index (χ4v) is 1.35. The van der Waals surface area contributed by atoms with Crippen molar-refractivity contribution in [3.63, 3.8) is 0 Å². The van der Waals surface area contributed by atoms with Gasteiger partial charge < -0.3 is 4.90 Å². The molecule has 0 radical (unpaired) electrons. The molecule has 0 aliphatic carbocycles. The summed E-state index contributed by atoms with van der Waals surface area (Å²) in [6.45, 7) is 4.65. The van der Waals surface area contributed by atoms with Gasteiger partial charge in [-0.15, -0.1) is 5.10 Å². The van der Waals surface area contributed by atoms with E-state index in [0.29, 0.717) is 6.54 Å². The molecule has 15 heavy (non-hydrogen) atoms. The number of hydrogen-bond acceptors (Lipinski definition) is 3. The minimum atomic E-state index is 0.674. The second-order valence-electron chi connectivity index (χ2n) is 3.70. The third-order valence-electron chi connectivity index (χ3n) is 2.38. The summed E-state index contributed by atoms with van der Waals surface area (Å²) in [5.74, 6) is 0. The molecule has 1 heterocycles. The summed E-state index contributed by atoms with van der Waals surface area (Å²) in [6.07, 6.45) is 0. The van der Waals surface area contributed by atoms with E-state index in [1.807, 2.05) is 47.9 Å². The number of allylic oxidation sites excluding steroid dienone is 1. The molecular weight excluding hydrogens is 188 g/mol. The van der Waals surface area contributed by atoms with Crippen molar-refractivity contribution in [3.05, 3.63) is 36.5 Å². The summed E-state index contributed by atoms with van der Waals surface area (Å²) in [5, 5.41) is 8.18. The number of fused-ring (bicyclic) bond motifs is 1. The van der Waals surface area contributed by atoms with Crippen LogP contribution in [0, 0.1) is 0 Å². The van der Waals surface area contributed by atoms with E-state index in [0.717, 1.165) is 16.7 Å². The largest absolute Gasteiger partial charge is 0.380 e. The van der Waals surface area contributed by atoms with Crippen LogP contribution in [0.25, 0.3) is 11.0 Å². The predicted molar refractivity (Wildman–Crippen MR) is 60.4 cm³/mol. The first-order chi connectivity index (χ1) is 7.18. The molecule has 2 rings (SSSR count). The van der Waals surface area contributed by atoms with Crippen LogP contribution >= 0.6 is 0 Å². The van der Waals surface area contributed by atoms with Crippen molar-refractivity contribution in [2.45, 2.75) is 6.54 Å². The third kappa shape index (κ3) is 1.83. The van der Waals surface area contributed by atoms with E-state index >= 15 is 0 Å². The predicted octanol–water partition coefficient (Wildman–Crippen LogP) is 1.51. The molecule has 0 saturated heterocycles. The summed E-state index contributed by atoms with van der Waals surface area (Å²) >= 11 is 0. The van der Waals surface area contributed by atoms with Crippen molar-refractivity contribution < 1.29 is 0 Å². The van der Waals surface area contributed by atoms with Gasteiger partial charge in [0, 0.05) is 19.8 Å². The van der Waals surface area contributed by atoms with E-state index in [4.69, 9.17) is 0 Å². The topological polar surface area (TPSA) is 34.0 Å². The van der Waals surface area contributed by atoms with Crippen LogP contribution in [0.3, 0.4) is 0 Å². The van der Waals surface area contributed by atoms with Gasteiger partial charge in [0.2, 0.25) is 0 Å². The van der Waals surface area contributed by atoms with E-state index < -0.39 is 0 Å². The van der Waals surface area contributed by atoms with Crippen LogP contribution in [-0.4, -0.2) is 34.0 Å². The molecule has 4 nitrogen and oxygen atoms in total. The molecule has 4 heteroatoms. The fourth-order valence-electron chi connectivity index (χ4n) is 1.35. The highest BCUT2D eigenvalue weighted by molar-refractivity contribution is 5.73. The molecule has 0 atom stereocenters. The van der Waals surface area contributed by atoms with Crippen molar-refractivity contribution in [1.82, 2.24) is 19.9 Å². The van der Waals surface area contributed by atoms with Crippen LogP contribution < -0.4 is 0 Å². The zero-order valence-corrected chi connectivity index (χ0v) is 9.01. The lowest BCUT2D eigenvalue weighted by Gasteiger charge is -2.15. The molecule has 0 aliphatic heterocycles. The van der Waals surface area contributed by atoms with Gasteiger partial charge >= 0.3 is 0 Å². The zero-order chi connectivity index (χ0) is 10.8. The minimum Gasteiger partial charge on any atom is -0.380 e. The van der Waals surface area contributed by atoms with Gasteiger partial charge in [0.25, 0.3) is 0 Å². The number of benzene rings is 1. The van der Waals surface area contributed by atoms with Gasteiger partial charge in [0.1, 0.15) is 5.52 Å². The molecule has 0 amide bonds. The van der Waals surface area contributed by atoms with Crippen LogP contribution in [0.1, 0.15) is 0 Å². The average Bonchev–Trinajstić information content (AvgIpc) is 2.62. The van der Waals surface area contributed by atoms with E-state index in [-0.39, 0.29) is 0 Å². The normalized spacial score (nSPS) is 10.5. The van der Waals surface area contributed by atoms with Gasteiger partial charge in [-0.1, -0.05) is 23.9 Å². The van der Waals surface area contributed by atoms with E-state index in [1.54, 1.807) is 0 Å². The molecule has 2 aromatic rings. The summed E-state index contributed by atoms with van der Waals surface area (Å²) in [6, 6.07) is 7.91. The molecule has 1 aromatic carbocycles. The number of likely N-dealkylation sites (N-methyl/N-ethyl adjacent to an activating group) is 1. The van der Waals surface area contributed by atoms with Crippen molar-refractivity contribution in [3.8, 4) is 0 Å². The Hall–Kier alpha value is -1.84. The molecular formula is C11H14N4. The lowest BCUT2D eigenvalue weighted by molar-refractivity contribution is 0.461. The molecule has 0 unspecified atom stereocenters. The summed E-state index contributed by atoms with van der Waals surface area (Å²) < 4.78 is 1.86. The minimum absolute atomic E-state index is 0.674. The molecule has 0 saturated carbocycles. The molecule has 0 aliphatic rings. The molecule has 0 spiro atoms. The number of hydrogen-bond donors (Lipinski definition) is 0. The smallest absolute Gasteiger partial charge is 0.113 e. The standard InChI is InChI=1S/C11H14N4/c1-9(14(2)3)8-15-11-7-5-4-6-10(11)12-13-15/h4-7H,1,8H2,2-3H3. The maximum absolute atomic E-state index is 4.10. The maximum Gasteiger partial charge on any atom is 0.113 e. The maximum atomic E-state index is 4.10. The van der Waals surface area contributed by atoms with Crippen LogP contribution in [0.2, 0.25) is 0 Å². The van der Waals surface area contributed by atoms with Crippen LogP contribution in [0.5, 0.6) is 0 Å². The molecule has 0 bridgehead atoms. The molecule has 1 aromatic heterocycles. The summed E-state index contributed by atoms with van der Waals surface area (Å²) in [4.78, 5) is 1.98. The van der Waals surface area contributed by atoms with Crippen LogP contribution in [0.4, 0.5) is 0 Å². The van der Waals surface area contributed by atoms with E-state index in [2.05, 4.69) is 16.9 Å². The monoisotopic (exact) mass is 202 g/mol. The summed E-state index contributed by atoms with van der Waals surface area (Å²) in [5.41, 5.74) is 2.97. The molecule has 0 N–H and O–H groups in total. The fraction of sp³-hybridized carbons (Fsp3) is 0.273. The summed E-state index contributed by atoms with van der Waals surface area (Å²) in [7, 11) is 3.95. The Bertz CT molecular complexity index is 484. The highest BCUT2D eigenvalue weighted by atomic mass is 15.4. The number of nitrogens with zero attached hydrogens (tertiary/aromatic N) is 4. The SMILES string of the molecule is C=C(Cn1nnc2ccccc21)N(C)C. The second kappa shape index (κ2) is 3.73. The van der Waals surface area contributed by atoms with Crippen molar-refractivity contribution in [1.29, 1.82) is 0 Å². The first-order valence-electron chi connectivity index (χ1n) is 4.82. The van der Waals surface area contributed by atoms with Gasteiger partial charge in [0.05, 0.1) is 12.1 Å². The third-order valence-corrected chi connectivity index (χ3v) is 2.38. The van der Waals surface area contributed by atoms with Gasteiger partial charge in [-0.2, -0.15) is 0 Å². The second-order valence-corrected chi connectivity index (χ2v) is 3.70. The van der Waals surface area contributed by atoms with Gasteiger partial charge in [-0.05, 0) is 12.1 Å².